The average Bonchev–Trinajstić information content (AvgIpc) is 3.39. The maximum atomic E-state index is 12.9. The standard InChI is InChI=1S/C62H101O11P/c1-4-7-10-13-16-19-22-25-28-29-32-35-38-41-44-47-50-53-62(66)73-59(55-69-60(64)51-48-45-42-39-36-33-30-26-23-20-17-14-11-8-5-2)57-71-74(67,68)70-56-58(54-63)72-61(65)52-49-46-43-40-37-34-31-27-24-21-18-15-12-9-6-3/h8-9,11-12,17-18,20-21,26-27,30-31,36-37,39-40,45-46,48-49,58-59,63H,4-7,10,13-16,19,22-25,28-29,32-35,38,41-44,47,50-57H2,1-3H3,(H,67,68)/b11-8-,12-9-,20-17-,21-18-,30-26-,31-27-,39-36-,40-37-,48-45-,49-46-. The Morgan fingerprint density at radius 3 is 1.07 bits per heavy atom. The number of aliphatic hydroxyl groups is 1. The Morgan fingerprint density at radius 2 is 0.703 bits per heavy atom. The molecular weight excluding hydrogens is 952 g/mol. The number of hydrogen-bond acceptors (Lipinski definition) is 10. The molecule has 0 fully saturated rings. The molecule has 74 heavy (non-hydrogen) atoms. The third-order valence-electron chi connectivity index (χ3n) is 11.4. The zero-order valence-corrected chi connectivity index (χ0v) is 47.2. The van der Waals surface area contributed by atoms with Crippen molar-refractivity contribution in [2.45, 2.75) is 226 Å². The van der Waals surface area contributed by atoms with Gasteiger partial charge in [-0.1, -0.05) is 245 Å². The first-order valence-corrected chi connectivity index (χ1v) is 29.9. The summed E-state index contributed by atoms with van der Waals surface area (Å²) in [5.41, 5.74) is 0. The quantitative estimate of drug-likeness (QED) is 0.0197. The fourth-order valence-corrected chi connectivity index (χ4v) is 7.99. The van der Waals surface area contributed by atoms with Crippen LogP contribution in [0.25, 0.3) is 0 Å². The van der Waals surface area contributed by atoms with E-state index < -0.39 is 64.4 Å². The molecule has 0 aliphatic carbocycles. The van der Waals surface area contributed by atoms with E-state index in [1.807, 2.05) is 30.4 Å². The summed E-state index contributed by atoms with van der Waals surface area (Å²) in [6, 6.07) is 0. The minimum Gasteiger partial charge on any atom is -0.461 e. The van der Waals surface area contributed by atoms with Crippen LogP contribution in [0.4, 0.5) is 0 Å². The molecule has 0 bridgehead atoms. The molecule has 2 N–H and O–H groups in total. The van der Waals surface area contributed by atoms with Gasteiger partial charge in [-0.2, -0.15) is 0 Å². The molecule has 3 unspecified atom stereocenters. The van der Waals surface area contributed by atoms with Gasteiger partial charge < -0.3 is 24.2 Å². The first kappa shape index (κ1) is 69.9. The largest absolute Gasteiger partial charge is 0.472 e. The molecule has 0 saturated heterocycles. The van der Waals surface area contributed by atoms with Crippen molar-refractivity contribution in [2.75, 3.05) is 26.4 Å². The molecule has 0 spiro atoms. The van der Waals surface area contributed by atoms with E-state index in [0.717, 1.165) is 70.6 Å². The number of hydrogen-bond donors (Lipinski definition) is 2. The van der Waals surface area contributed by atoms with Crippen LogP contribution in [-0.2, 0) is 42.2 Å². The fourth-order valence-electron chi connectivity index (χ4n) is 7.21. The zero-order valence-electron chi connectivity index (χ0n) is 46.3. The number of allylic oxidation sites excluding steroid dienone is 18. The first-order valence-electron chi connectivity index (χ1n) is 28.4. The van der Waals surface area contributed by atoms with Crippen LogP contribution in [-0.4, -0.2) is 66.5 Å². The highest BCUT2D eigenvalue weighted by molar-refractivity contribution is 7.47. The summed E-state index contributed by atoms with van der Waals surface area (Å²) >= 11 is 0. The predicted molar refractivity (Wildman–Crippen MR) is 306 cm³/mol. The lowest BCUT2D eigenvalue weighted by Crippen LogP contribution is -2.30. The fraction of sp³-hybridized carbons (Fsp3) is 0.629. The van der Waals surface area contributed by atoms with Crippen molar-refractivity contribution < 1.29 is 52.2 Å². The van der Waals surface area contributed by atoms with Crippen LogP contribution in [0, 0.1) is 0 Å². The number of phosphoric ester groups is 1. The molecule has 0 aliphatic heterocycles. The summed E-state index contributed by atoms with van der Waals surface area (Å²) < 4.78 is 39.2. The number of aliphatic hydroxyl groups excluding tert-OH is 1. The molecule has 0 rings (SSSR count). The van der Waals surface area contributed by atoms with Crippen molar-refractivity contribution in [2.24, 2.45) is 0 Å². The monoisotopic (exact) mass is 1050 g/mol. The van der Waals surface area contributed by atoms with E-state index in [0.29, 0.717) is 19.3 Å². The molecule has 0 amide bonds. The first-order chi connectivity index (χ1) is 36.2. The molecule has 3 atom stereocenters. The Morgan fingerprint density at radius 1 is 0.392 bits per heavy atom. The minimum atomic E-state index is -4.80. The average molecular weight is 1050 g/mol. The molecular formula is C62H101O11P. The van der Waals surface area contributed by atoms with Gasteiger partial charge in [0.1, 0.15) is 12.7 Å². The van der Waals surface area contributed by atoms with Gasteiger partial charge in [-0.05, 0) is 70.6 Å². The van der Waals surface area contributed by atoms with Gasteiger partial charge in [0.2, 0.25) is 0 Å². The zero-order chi connectivity index (χ0) is 54.1. The number of phosphoric acid groups is 1. The van der Waals surface area contributed by atoms with Crippen molar-refractivity contribution in [3.05, 3.63) is 122 Å². The second kappa shape index (κ2) is 55.1. The molecule has 0 aromatic rings. The normalized spacial score (nSPS) is 14.3. The third-order valence-corrected chi connectivity index (χ3v) is 12.4. The van der Waals surface area contributed by atoms with E-state index in [1.165, 1.54) is 83.5 Å². The van der Waals surface area contributed by atoms with Gasteiger partial charge in [0.15, 0.2) is 6.10 Å². The highest BCUT2D eigenvalue weighted by atomic mass is 31.2. The number of carbonyl (C=O) groups excluding carboxylic acids is 3. The Hall–Kier alpha value is -4.12. The van der Waals surface area contributed by atoms with E-state index in [1.54, 1.807) is 12.2 Å². The lowest BCUT2D eigenvalue weighted by Gasteiger charge is -2.21. The van der Waals surface area contributed by atoms with Crippen molar-refractivity contribution in [3.63, 3.8) is 0 Å². The highest BCUT2D eigenvalue weighted by Gasteiger charge is 2.28. The summed E-state index contributed by atoms with van der Waals surface area (Å²) in [5.74, 6) is -1.76. The van der Waals surface area contributed by atoms with Gasteiger partial charge in [0.05, 0.1) is 32.7 Å². The highest BCUT2D eigenvalue weighted by Crippen LogP contribution is 2.43. The molecule has 0 aromatic carbocycles. The van der Waals surface area contributed by atoms with Crippen LogP contribution in [0.1, 0.15) is 213 Å². The second-order valence-electron chi connectivity index (χ2n) is 18.4. The molecule has 0 aromatic heterocycles. The summed E-state index contributed by atoms with van der Waals surface area (Å²) in [4.78, 5) is 48.4. The van der Waals surface area contributed by atoms with Gasteiger partial charge in [0.25, 0.3) is 0 Å². The van der Waals surface area contributed by atoms with Gasteiger partial charge in [-0.15, -0.1) is 0 Å². The molecule has 0 saturated carbocycles. The molecule has 0 aliphatic rings. The maximum Gasteiger partial charge on any atom is 0.472 e. The van der Waals surface area contributed by atoms with Crippen LogP contribution in [0.2, 0.25) is 0 Å². The lowest BCUT2D eigenvalue weighted by atomic mass is 10.0. The summed E-state index contributed by atoms with van der Waals surface area (Å²) in [7, 11) is -4.80. The van der Waals surface area contributed by atoms with Crippen LogP contribution in [0.5, 0.6) is 0 Å². The van der Waals surface area contributed by atoms with Crippen LogP contribution >= 0.6 is 7.82 Å². The number of unbranched alkanes of at least 4 members (excludes halogenated alkanes) is 16. The van der Waals surface area contributed by atoms with Crippen molar-refractivity contribution in [1.29, 1.82) is 0 Å². The topological polar surface area (TPSA) is 155 Å². The smallest absolute Gasteiger partial charge is 0.461 e. The van der Waals surface area contributed by atoms with Crippen LogP contribution in [0.15, 0.2) is 122 Å². The number of rotatable bonds is 51. The Labute approximate surface area is 449 Å². The van der Waals surface area contributed by atoms with E-state index in [9.17, 15) is 28.9 Å². The number of ether oxygens (including phenoxy) is 3. The van der Waals surface area contributed by atoms with Crippen LogP contribution in [0.3, 0.4) is 0 Å². The van der Waals surface area contributed by atoms with E-state index in [2.05, 4.69) is 99.8 Å². The number of esters is 3. The summed E-state index contributed by atoms with van der Waals surface area (Å²) in [6.45, 7) is 4.19. The maximum absolute atomic E-state index is 12.9. The van der Waals surface area contributed by atoms with Gasteiger partial charge in [-0.3, -0.25) is 23.4 Å². The molecule has 11 nitrogen and oxygen atoms in total. The molecule has 0 heterocycles. The Kier molecular flexibility index (Phi) is 52.1. The molecule has 12 heteroatoms. The Balaban J connectivity index is 4.90. The number of carbonyl (C=O) groups is 3. The summed E-state index contributed by atoms with van der Waals surface area (Å²) in [6.07, 6.45) is 67.9. The van der Waals surface area contributed by atoms with Gasteiger partial charge >= 0.3 is 25.7 Å². The van der Waals surface area contributed by atoms with Crippen LogP contribution < -0.4 is 0 Å². The second-order valence-corrected chi connectivity index (χ2v) is 19.8. The third kappa shape index (κ3) is 52.7. The van der Waals surface area contributed by atoms with Gasteiger partial charge in [0, 0.05) is 6.42 Å². The van der Waals surface area contributed by atoms with Crippen molar-refractivity contribution >= 4 is 25.7 Å². The lowest BCUT2D eigenvalue weighted by molar-refractivity contribution is -0.161. The predicted octanol–water partition coefficient (Wildman–Crippen LogP) is 16.8. The van der Waals surface area contributed by atoms with Crippen molar-refractivity contribution in [1.82, 2.24) is 0 Å². The van der Waals surface area contributed by atoms with Crippen molar-refractivity contribution in [3.8, 4) is 0 Å². The van der Waals surface area contributed by atoms with E-state index >= 15 is 0 Å². The molecule has 0 radical (unpaired) electrons. The van der Waals surface area contributed by atoms with E-state index in [4.69, 9.17) is 23.3 Å². The van der Waals surface area contributed by atoms with E-state index in [-0.39, 0.29) is 19.3 Å². The summed E-state index contributed by atoms with van der Waals surface area (Å²) in [5, 5.41) is 9.79. The minimum absolute atomic E-state index is 0.0156. The molecule has 420 valence electrons. The van der Waals surface area contributed by atoms with Gasteiger partial charge in [-0.25, -0.2) is 4.57 Å². The SMILES string of the molecule is CC/C=C\C/C=C\C/C=C\C/C=C\C/C=C\CC(=O)OCC(COP(=O)(O)OCC(CO)OC(=O)C/C=C\C/C=C\C/C=C\C/C=C\C/C=C\CC)OC(=O)CCCCCCCCCCCCCCCCCCC. The Bertz CT molecular complexity index is 1700.